The molecule has 0 aliphatic carbocycles. The summed E-state index contributed by atoms with van der Waals surface area (Å²) >= 11 is 3.38. The molecule has 1 saturated heterocycles. The Labute approximate surface area is 155 Å². The van der Waals surface area contributed by atoms with Gasteiger partial charge in [0.25, 0.3) is 5.91 Å². The summed E-state index contributed by atoms with van der Waals surface area (Å²) in [7, 11) is 2.04. The molecule has 0 spiro atoms. The Morgan fingerprint density at radius 3 is 2.96 bits per heavy atom. The Balaban J connectivity index is 1.65. The van der Waals surface area contributed by atoms with Crippen LogP contribution in [0.2, 0.25) is 0 Å². The Kier molecular flexibility index (Phi) is 6.01. The molecule has 3 rings (SSSR count). The van der Waals surface area contributed by atoms with Crippen LogP contribution in [0.5, 0.6) is 11.6 Å². The van der Waals surface area contributed by atoms with Gasteiger partial charge in [-0.05, 0) is 43.4 Å². The van der Waals surface area contributed by atoms with E-state index in [2.05, 4.69) is 31.1 Å². The molecule has 6 nitrogen and oxygen atoms in total. The van der Waals surface area contributed by atoms with Crippen LogP contribution in [0.1, 0.15) is 10.4 Å². The molecule has 1 aromatic heterocycles. The molecular formula is C18H20BrN3O3. The lowest BCUT2D eigenvalue weighted by molar-refractivity contribution is -0.0175. The Hall–Kier alpha value is -1.96. The van der Waals surface area contributed by atoms with E-state index in [9.17, 15) is 4.79 Å². The van der Waals surface area contributed by atoms with E-state index in [0.717, 1.165) is 17.6 Å². The lowest BCUT2D eigenvalue weighted by Gasteiger charge is -2.30. The summed E-state index contributed by atoms with van der Waals surface area (Å²) < 4.78 is 12.4. The lowest BCUT2D eigenvalue weighted by Crippen LogP contribution is -2.45. The second-order valence-corrected chi connectivity index (χ2v) is 6.79. The molecule has 1 fully saturated rings. The fraction of sp³-hybridized carbons (Fsp3) is 0.333. The van der Waals surface area contributed by atoms with Crippen molar-refractivity contribution in [2.24, 2.45) is 0 Å². The van der Waals surface area contributed by atoms with Crippen molar-refractivity contribution in [3.05, 3.63) is 52.6 Å². The number of hydrogen-bond donors (Lipinski definition) is 1. The highest BCUT2D eigenvalue weighted by Gasteiger charge is 2.20. The molecule has 0 bridgehead atoms. The highest BCUT2D eigenvalue weighted by atomic mass is 79.9. The average molecular weight is 406 g/mol. The minimum Gasteiger partial charge on any atom is -0.438 e. The first kappa shape index (κ1) is 17.8. The van der Waals surface area contributed by atoms with Crippen LogP contribution in [0.25, 0.3) is 0 Å². The van der Waals surface area contributed by atoms with Gasteiger partial charge in [-0.15, -0.1) is 0 Å². The standard InChI is InChI=1S/C18H20BrN3O3/c1-22-9-10-24-15(12-22)11-21-17(23)16-3-2-8-20-18(16)25-14-6-4-13(19)5-7-14/h2-8,15H,9-12H2,1H3,(H,21,23)/t15-/m1/s1. The number of ether oxygens (including phenoxy) is 2. The van der Waals surface area contributed by atoms with Crippen LogP contribution in [0.4, 0.5) is 0 Å². The van der Waals surface area contributed by atoms with Crippen LogP contribution >= 0.6 is 15.9 Å². The maximum Gasteiger partial charge on any atom is 0.256 e. The zero-order chi connectivity index (χ0) is 17.6. The summed E-state index contributed by atoms with van der Waals surface area (Å²) in [5.41, 5.74) is 0.398. The minimum absolute atomic E-state index is 0.00443. The summed E-state index contributed by atoms with van der Waals surface area (Å²) in [5.74, 6) is 0.675. The lowest BCUT2D eigenvalue weighted by atomic mass is 10.2. The van der Waals surface area contributed by atoms with Crippen LogP contribution < -0.4 is 10.1 Å². The molecule has 1 aromatic carbocycles. The third kappa shape index (κ3) is 5.01. The van der Waals surface area contributed by atoms with E-state index < -0.39 is 0 Å². The van der Waals surface area contributed by atoms with E-state index in [4.69, 9.17) is 9.47 Å². The van der Waals surface area contributed by atoms with Crippen molar-refractivity contribution in [2.75, 3.05) is 33.3 Å². The first-order chi connectivity index (χ1) is 12.1. The average Bonchev–Trinajstić information content (AvgIpc) is 2.62. The molecule has 0 radical (unpaired) electrons. The predicted molar refractivity (Wildman–Crippen MR) is 98.0 cm³/mol. The van der Waals surface area contributed by atoms with Gasteiger partial charge in [0.2, 0.25) is 5.88 Å². The number of morpholine rings is 1. The van der Waals surface area contributed by atoms with Crippen LogP contribution in [0.3, 0.4) is 0 Å². The number of nitrogens with zero attached hydrogens (tertiary/aromatic N) is 2. The topological polar surface area (TPSA) is 63.7 Å². The Morgan fingerprint density at radius 2 is 2.20 bits per heavy atom. The first-order valence-electron chi connectivity index (χ1n) is 8.08. The van der Waals surface area contributed by atoms with Gasteiger partial charge in [0, 0.05) is 30.3 Å². The van der Waals surface area contributed by atoms with Gasteiger partial charge in [0.05, 0.1) is 12.7 Å². The third-order valence-corrected chi connectivity index (χ3v) is 4.40. The monoisotopic (exact) mass is 405 g/mol. The van der Waals surface area contributed by atoms with Gasteiger partial charge in [-0.3, -0.25) is 4.79 Å². The first-order valence-corrected chi connectivity index (χ1v) is 8.88. The van der Waals surface area contributed by atoms with Gasteiger partial charge >= 0.3 is 0 Å². The van der Waals surface area contributed by atoms with Crippen LogP contribution in [-0.2, 0) is 4.74 Å². The smallest absolute Gasteiger partial charge is 0.256 e. The van der Waals surface area contributed by atoms with Gasteiger partial charge in [-0.1, -0.05) is 15.9 Å². The molecule has 132 valence electrons. The quantitative estimate of drug-likeness (QED) is 0.828. The summed E-state index contributed by atoms with van der Waals surface area (Å²) in [6.45, 7) is 2.85. The maximum absolute atomic E-state index is 12.5. The highest BCUT2D eigenvalue weighted by molar-refractivity contribution is 9.10. The Bertz CT molecular complexity index is 724. The van der Waals surface area contributed by atoms with E-state index in [1.807, 2.05) is 31.3 Å². The fourth-order valence-corrected chi connectivity index (χ4v) is 2.82. The van der Waals surface area contributed by atoms with Crippen molar-refractivity contribution in [1.29, 1.82) is 0 Å². The molecule has 1 amide bonds. The number of nitrogens with one attached hydrogen (secondary N) is 1. The van der Waals surface area contributed by atoms with Gasteiger partial charge in [0.15, 0.2) is 0 Å². The molecule has 2 heterocycles. The number of benzene rings is 1. The van der Waals surface area contributed by atoms with E-state index in [1.54, 1.807) is 18.3 Å². The largest absolute Gasteiger partial charge is 0.438 e. The fourth-order valence-electron chi connectivity index (χ4n) is 2.55. The molecule has 1 atom stereocenters. The van der Waals surface area contributed by atoms with Gasteiger partial charge in [-0.25, -0.2) is 4.98 Å². The predicted octanol–water partition coefficient (Wildman–Crippen LogP) is 2.70. The number of carbonyl (C=O) groups is 1. The van der Waals surface area contributed by atoms with Crippen LogP contribution in [-0.4, -0.2) is 55.2 Å². The second-order valence-electron chi connectivity index (χ2n) is 5.88. The molecule has 2 aromatic rings. The maximum atomic E-state index is 12.5. The number of carbonyl (C=O) groups excluding carboxylic acids is 1. The minimum atomic E-state index is -0.225. The summed E-state index contributed by atoms with van der Waals surface area (Å²) in [6, 6.07) is 10.8. The SMILES string of the molecule is CN1CCO[C@H](CNC(=O)c2cccnc2Oc2ccc(Br)cc2)C1. The number of amides is 1. The molecule has 0 saturated carbocycles. The molecule has 1 aliphatic heterocycles. The van der Waals surface area contributed by atoms with Crippen LogP contribution in [0.15, 0.2) is 47.1 Å². The summed E-state index contributed by atoms with van der Waals surface area (Å²) in [5, 5.41) is 2.91. The Morgan fingerprint density at radius 1 is 1.40 bits per heavy atom. The number of pyridine rings is 1. The molecular weight excluding hydrogens is 386 g/mol. The van der Waals surface area contributed by atoms with Crippen molar-refractivity contribution in [3.8, 4) is 11.6 Å². The summed E-state index contributed by atoms with van der Waals surface area (Å²) in [6.07, 6.45) is 1.60. The van der Waals surface area contributed by atoms with Gasteiger partial charge in [0.1, 0.15) is 11.3 Å². The summed E-state index contributed by atoms with van der Waals surface area (Å²) in [4.78, 5) is 18.9. The highest BCUT2D eigenvalue weighted by Crippen LogP contribution is 2.24. The second kappa shape index (κ2) is 8.42. The van der Waals surface area contributed by atoms with Crippen molar-refractivity contribution in [3.63, 3.8) is 0 Å². The van der Waals surface area contributed by atoms with E-state index in [0.29, 0.717) is 24.5 Å². The third-order valence-electron chi connectivity index (χ3n) is 3.88. The molecule has 1 aliphatic rings. The molecule has 1 N–H and O–H groups in total. The molecule has 0 unspecified atom stereocenters. The zero-order valence-electron chi connectivity index (χ0n) is 13.9. The zero-order valence-corrected chi connectivity index (χ0v) is 15.5. The van der Waals surface area contributed by atoms with E-state index >= 15 is 0 Å². The normalized spacial score (nSPS) is 17.9. The van der Waals surface area contributed by atoms with E-state index in [-0.39, 0.29) is 17.9 Å². The number of halogens is 1. The number of hydrogen-bond acceptors (Lipinski definition) is 5. The van der Waals surface area contributed by atoms with Crippen molar-refractivity contribution in [2.45, 2.75) is 6.10 Å². The number of rotatable bonds is 5. The number of aromatic nitrogens is 1. The van der Waals surface area contributed by atoms with Crippen molar-refractivity contribution < 1.29 is 14.3 Å². The van der Waals surface area contributed by atoms with Gasteiger partial charge < -0.3 is 19.7 Å². The van der Waals surface area contributed by atoms with Crippen molar-refractivity contribution in [1.82, 2.24) is 15.2 Å². The molecule has 7 heteroatoms. The van der Waals surface area contributed by atoms with E-state index in [1.165, 1.54) is 0 Å². The van der Waals surface area contributed by atoms with Crippen LogP contribution in [0, 0.1) is 0 Å². The molecule has 25 heavy (non-hydrogen) atoms. The van der Waals surface area contributed by atoms with Gasteiger partial charge in [-0.2, -0.15) is 0 Å². The van der Waals surface area contributed by atoms with Crippen molar-refractivity contribution >= 4 is 21.8 Å². The number of likely N-dealkylation sites (N-methyl/N-ethyl adjacent to an activating group) is 1.